The molecule has 484 valence electrons. The van der Waals surface area contributed by atoms with E-state index in [0.717, 1.165) is 76.4 Å². The van der Waals surface area contributed by atoms with Gasteiger partial charge in [-0.25, -0.2) is 15.0 Å². The Bertz CT molecular complexity index is 5670. The summed E-state index contributed by atoms with van der Waals surface area (Å²) < 4.78 is 13.8. The Morgan fingerprint density at radius 2 is 0.703 bits per heavy atom. The molecule has 0 unspecified atom stereocenters. The predicted molar refractivity (Wildman–Crippen MR) is 415 cm³/mol. The summed E-state index contributed by atoms with van der Waals surface area (Å²) in [6.07, 6.45) is 3.59. The molecule has 0 spiro atoms. The maximum Gasteiger partial charge on any atom is 0.494 e. The summed E-state index contributed by atoms with van der Waals surface area (Å²) in [7, 11) is -0.454. The van der Waals surface area contributed by atoms with Gasteiger partial charge in [0.2, 0.25) is 0 Å². The van der Waals surface area contributed by atoms with Gasteiger partial charge in [-0.15, -0.1) is 0 Å². The van der Waals surface area contributed by atoms with Crippen LogP contribution in [0.3, 0.4) is 0 Å². The Kier molecular flexibility index (Phi) is 17.1. The van der Waals surface area contributed by atoms with Crippen molar-refractivity contribution in [3.05, 3.63) is 389 Å². The van der Waals surface area contributed by atoms with E-state index < -0.39 is 29.2 Å². The van der Waals surface area contributed by atoms with Crippen LogP contribution in [0.25, 0.3) is 99.4 Å². The van der Waals surface area contributed by atoms with Gasteiger partial charge in [-0.2, -0.15) is 0 Å². The fourth-order valence-electron chi connectivity index (χ4n) is 15.7. The van der Waals surface area contributed by atoms with Crippen molar-refractivity contribution in [3.8, 4) is 56.0 Å². The van der Waals surface area contributed by atoms with E-state index in [1.807, 2.05) is 36.5 Å². The molecule has 0 radical (unpaired) electrons. The largest absolute Gasteiger partial charge is 0.494 e. The minimum absolute atomic E-state index is 0. The van der Waals surface area contributed by atoms with Crippen molar-refractivity contribution in [2.45, 2.75) is 49.7 Å². The van der Waals surface area contributed by atoms with E-state index in [1.54, 1.807) is 6.20 Å². The second kappa shape index (κ2) is 26.5. The first kappa shape index (κ1) is 65.1. The third-order valence-corrected chi connectivity index (χ3v) is 21.4. The number of benzene rings is 12. The zero-order chi connectivity index (χ0) is 67.6. The molecule has 0 N–H and O–H groups in total. The van der Waals surface area contributed by atoms with Crippen molar-refractivity contribution < 1.29 is 30.4 Å². The van der Waals surface area contributed by atoms with Crippen molar-refractivity contribution in [1.29, 1.82) is 0 Å². The average molecular weight is 1540 g/mol. The minimum atomic E-state index is -0.490. The maximum atomic E-state index is 6.48. The summed E-state index contributed by atoms with van der Waals surface area (Å²) in [6.45, 7) is 8.39. The zero-order valence-corrected chi connectivity index (χ0v) is 60.8. The third-order valence-electron chi connectivity index (χ3n) is 21.0. The first-order valence-corrected chi connectivity index (χ1v) is 35.0. The summed E-state index contributed by atoms with van der Waals surface area (Å²) in [5, 5.41) is 6.99. The summed E-state index contributed by atoms with van der Waals surface area (Å²) in [5.74, 6) is 0. The van der Waals surface area contributed by atoms with Gasteiger partial charge in [0.25, 0.3) is 0 Å². The first-order chi connectivity index (χ1) is 49.0. The summed E-state index contributed by atoms with van der Waals surface area (Å²) in [6, 6.07) is 117. The molecule has 3 aliphatic rings. The second-order valence-electron chi connectivity index (χ2n) is 27.1. The van der Waals surface area contributed by atoms with Gasteiger partial charge in [-0.3, -0.25) is 4.98 Å². The van der Waals surface area contributed by atoms with Crippen LogP contribution in [0.5, 0.6) is 0 Å². The molecule has 101 heavy (non-hydrogen) atoms. The van der Waals surface area contributed by atoms with Crippen LogP contribution >= 0.6 is 15.9 Å². The Balaban J connectivity index is 0.000000142. The number of nitrogens with zero attached hydrogens (tertiary/aromatic N) is 4. The third kappa shape index (κ3) is 11.1. The molecule has 4 aromatic heterocycles. The van der Waals surface area contributed by atoms with Crippen LogP contribution in [0, 0.1) is 0 Å². The molecule has 9 heteroatoms. The minimum Gasteiger partial charge on any atom is -0.399 e. The molecule has 6 nitrogen and oxygen atoms in total. The van der Waals surface area contributed by atoms with Gasteiger partial charge in [-0.05, 0) is 193 Å². The summed E-state index contributed by atoms with van der Waals surface area (Å²) in [4.78, 5) is 19.3. The molecular formula is C92H68BBrN4O2W. The van der Waals surface area contributed by atoms with Gasteiger partial charge < -0.3 is 9.31 Å². The average Bonchev–Trinajstić information content (AvgIpc) is 1.55. The van der Waals surface area contributed by atoms with E-state index in [9.17, 15) is 0 Å². The van der Waals surface area contributed by atoms with E-state index in [0.29, 0.717) is 0 Å². The number of aromatic nitrogens is 4. The maximum absolute atomic E-state index is 6.48. The van der Waals surface area contributed by atoms with Gasteiger partial charge >= 0.3 is 7.12 Å². The molecule has 1 fully saturated rings. The molecule has 0 saturated carbocycles. The Labute approximate surface area is 612 Å². The van der Waals surface area contributed by atoms with E-state index >= 15 is 0 Å². The van der Waals surface area contributed by atoms with Gasteiger partial charge in [0.05, 0.1) is 50.1 Å². The normalized spacial score (nSPS) is 14.5. The quantitative estimate of drug-likeness (QED) is 0.0858. The van der Waals surface area contributed by atoms with Gasteiger partial charge in [-0.1, -0.05) is 261 Å². The first-order valence-electron chi connectivity index (χ1n) is 34.2. The number of hydrogen-bond acceptors (Lipinski definition) is 6. The molecule has 5 heterocycles. The van der Waals surface area contributed by atoms with Crippen molar-refractivity contribution in [1.82, 2.24) is 19.9 Å². The van der Waals surface area contributed by atoms with Crippen LogP contribution in [-0.2, 0) is 41.2 Å². The van der Waals surface area contributed by atoms with E-state index in [4.69, 9.17) is 19.3 Å². The molecule has 0 atom stereocenters. The summed E-state index contributed by atoms with van der Waals surface area (Å²) in [5.41, 5.74) is 22.5. The van der Waals surface area contributed by atoms with Gasteiger partial charge in [0.15, 0.2) is 0 Å². The monoisotopic (exact) mass is 1530 g/mol. The number of para-hydroxylation sites is 2. The number of halogens is 1. The van der Waals surface area contributed by atoms with Gasteiger partial charge in [0.1, 0.15) is 4.60 Å². The fourth-order valence-corrected chi connectivity index (χ4v) is 16.0. The van der Waals surface area contributed by atoms with Crippen LogP contribution < -0.4 is 5.46 Å². The van der Waals surface area contributed by atoms with E-state index in [2.05, 4.69) is 351 Å². The standard InChI is InChI=1S/C44H36BNO2.C43H28N2.C5H4BrN.W/c1-42(2)43(3,4)48-45(47-42)32-21-15-16-29(26-32)41-37-28-39-36(27-35(37)34-23-12-14-25-40(34)46-41)33-22-11-13-24-38(33)44(39,30-17-7-5-8-18-30)31-19-9-6-10-20-31;1-3-16-31(17-4-1)43(32-18-5-2-6-19-32)38-22-9-7-20-33(38)36-27-35-34-21-8-10-24-41(34)45-42(37(35)28-39(36)43)30-15-13-14-29(26-30)40-23-11-12-25-44-40;6-5-3-1-2-4-7-5;/h5-28H,1-4H3;1-28H;1-4H;. The van der Waals surface area contributed by atoms with Crippen molar-refractivity contribution in [2.24, 2.45) is 0 Å². The number of fused-ring (bicyclic) bond motifs is 12. The molecule has 12 aromatic carbocycles. The number of pyridine rings is 4. The van der Waals surface area contributed by atoms with E-state index in [-0.39, 0.29) is 21.1 Å². The molecule has 0 amide bonds. The zero-order valence-electron chi connectivity index (χ0n) is 56.3. The molecule has 16 aromatic rings. The number of rotatable bonds is 8. The Morgan fingerprint density at radius 3 is 1.14 bits per heavy atom. The van der Waals surface area contributed by atoms with Crippen LogP contribution in [0.2, 0.25) is 0 Å². The van der Waals surface area contributed by atoms with Crippen molar-refractivity contribution in [3.63, 3.8) is 0 Å². The molecule has 0 bridgehead atoms. The van der Waals surface area contributed by atoms with E-state index in [1.165, 1.54) is 77.5 Å². The smallest absolute Gasteiger partial charge is 0.399 e. The van der Waals surface area contributed by atoms with Crippen molar-refractivity contribution >= 4 is 71.9 Å². The Morgan fingerprint density at radius 1 is 0.307 bits per heavy atom. The fraction of sp³-hybridized carbons (Fsp3) is 0.0870. The molecular weight excluding hydrogens is 1470 g/mol. The SMILES string of the molecule is Brc1ccccn1.CC1(C)OB(c2cccc(-c3nc4ccccc4c4cc5c(cc34)C(c3ccccc3)(c3ccccc3)c3ccccc3-5)c2)OC1(C)C.[W].c1ccc(C2(c3ccccc3)c3ccccc3-c3cc4c(cc32)c(-c2cccc(-c3ccccn3)c2)nc2ccccc24)cc1. The summed E-state index contributed by atoms with van der Waals surface area (Å²) >= 11 is 3.20. The van der Waals surface area contributed by atoms with Gasteiger partial charge in [0, 0.05) is 71.7 Å². The topological polar surface area (TPSA) is 70.0 Å². The van der Waals surface area contributed by atoms with Crippen LogP contribution in [0.15, 0.2) is 345 Å². The number of hydrogen-bond donors (Lipinski definition) is 0. The van der Waals surface area contributed by atoms with Crippen LogP contribution in [-0.4, -0.2) is 38.3 Å². The molecule has 19 rings (SSSR count). The molecule has 1 saturated heterocycles. The van der Waals surface area contributed by atoms with Crippen LogP contribution in [0.4, 0.5) is 0 Å². The van der Waals surface area contributed by atoms with Crippen molar-refractivity contribution in [2.75, 3.05) is 0 Å². The molecule has 1 aliphatic heterocycles. The van der Waals surface area contributed by atoms with Crippen LogP contribution in [0.1, 0.15) is 72.2 Å². The Hall–Kier alpha value is -10.6. The predicted octanol–water partition coefficient (Wildman–Crippen LogP) is 22.0. The second-order valence-corrected chi connectivity index (χ2v) is 27.9. The molecule has 2 aliphatic carbocycles.